The molecule has 2 unspecified atom stereocenters. The zero-order valence-corrected chi connectivity index (χ0v) is 19.3. The maximum atomic E-state index is 13.0. The fourth-order valence-electron chi connectivity index (χ4n) is 3.36. The molecular weight excluding hydrogens is 498 g/mol. The lowest BCUT2D eigenvalue weighted by Gasteiger charge is -2.31. The Balaban J connectivity index is 0.00000420. The fourth-order valence-corrected chi connectivity index (χ4v) is 3.36. The van der Waals surface area contributed by atoms with Gasteiger partial charge in [0.1, 0.15) is 5.75 Å². The van der Waals surface area contributed by atoms with Crippen LogP contribution < -0.4 is 15.4 Å². The number of hydrogen-bond donors (Lipinski definition) is 2. The lowest BCUT2D eigenvalue weighted by molar-refractivity contribution is -0.183. The van der Waals surface area contributed by atoms with E-state index in [-0.39, 0.29) is 42.9 Å². The first-order valence-electron chi connectivity index (χ1n) is 9.75. The predicted octanol–water partition coefficient (Wildman–Crippen LogP) is 4.51. The van der Waals surface area contributed by atoms with Crippen molar-refractivity contribution in [3.8, 4) is 5.75 Å². The zero-order valence-electron chi connectivity index (χ0n) is 16.9. The molecule has 29 heavy (non-hydrogen) atoms. The molecule has 0 bridgehead atoms. The molecule has 0 heterocycles. The Bertz CT molecular complexity index is 629. The van der Waals surface area contributed by atoms with E-state index < -0.39 is 12.1 Å². The van der Waals surface area contributed by atoms with E-state index in [4.69, 9.17) is 9.47 Å². The van der Waals surface area contributed by atoms with Crippen LogP contribution in [-0.2, 0) is 11.3 Å². The van der Waals surface area contributed by atoms with Crippen LogP contribution in [-0.4, -0.2) is 45.0 Å². The van der Waals surface area contributed by atoms with Crippen molar-refractivity contribution in [2.45, 2.75) is 51.4 Å². The van der Waals surface area contributed by atoms with Gasteiger partial charge in [-0.25, -0.2) is 0 Å². The van der Waals surface area contributed by atoms with Gasteiger partial charge in [-0.1, -0.05) is 24.6 Å². The number of nitrogens with one attached hydrogen (secondary N) is 2. The monoisotopic (exact) mass is 529 g/mol. The summed E-state index contributed by atoms with van der Waals surface area (Å²) in [6, 6.07) is 7.42. The summed E-state index contributed by atoms with van der Waals surface area (Å²) in [5, 5.41) is 6.24. The van der Waals surface area contributed by atoms with Gasteiger partial charge >= 0.3 is 6.18 Å². The first-order chi connectivity index (χ1) is 13.4. The van der Waals surface area contributed by atoms with Gasteiger partial charge in [-0.2, -0.15) is 13.2 Å². The average Bonchev–Trinajstić information content (AvgIpc) is 2.67. The molecule has 0 aliphatic heterocycles. The molecule has 2 rings (SSSR count). The van der Waals surface area contributed by atoms with E-state index in [1.807, 2.05) is 31.2 Å². The van der Waals surface area contributed by atoms with Crippen LogP contribution in [0.25, 0.3) is 0 Å². The molecule has 1 aromatic rings. The predicted molar refractivity (Wildman–Crippen MR) is 119 cm³/mol. The summed E-state index contributed by atoms with van der Waals surface area (Å²) in [7, 11) is 1.62. The Labute approximate surface area is 187 Å². The first kappa shape index (κ1) is 25.8. The number of halogens is 4. The number of para-hydroxylation sites is 1. The van der Waals surface area contributed by atoms with Gasteiger partial charge in [0.05, 0.1) is 32.8 Å². The lowest BCUT2D eigenvalue weighted by atomic mass is 9.85. The van der Waals surface area contributed by atoms with Crippen LogP contribution in [0.2, 0.25) is 0 Å². The van der Waals surface area contributed by atoms with Crippen LogP contribution in [0.4, 0.5) is 13.2 Å². The van der Waals surface area contributed by atoms with Crippen molar-refractivity contribution >= 4 is 29.9 Å². The van der Waals surface area contributed by atoms with Crippen LogP contribution in [0.3, 0.4) is 0 Å². The van der Waals surface area contributed by atoms with Crippen LogP contribution in [0.1, 0.15) is 38.2 Å². The highest BCUT2D eigenvalue weighted by atomic mass is 127. The molecule has 1 saturated carbocycles. The normalized spacial score (nSPS) is 20.0. The summed E-state index contributed by atoms with van der Waals surface area (Å²) in [5.74, 6) is 0.0829. The Morgan fingerprint density at radius 1 is 1.24 bits per heavy atom. The number of rotatable bonds is 8. The van der Waals surface area contributed by atoms with Crippen molar-refractivity contribution in [1.29, 1.82) is 0 Å². The van der Waals surface area contributed by atoms with Crippen molar-refractivity contribution < 1.29 is 22.6 Å². The summed E-state index contributed by atoms with van der Waals surface area (Å²) in [6.07, 6.45) is -2.52. The first-order valence-corrected chi connectivity index (χ1v) is 9.75. The minimum Gasteiger partial charge on any atom is -0.496 e. The van der Waals surface area contributed by atoms with Gasteiger partial charge in [0, 0.05) is 18.2 Å². The van der Waals surface area contributed by atoms with Crippen molar-refractivity contribution in [3.05, 3.63) is 29.8 Å². The van der Waals surface area contributed by atoms with E-state index in [1.54, 1.807) is 7.11 Å². The highest BCUT2D eigenvalue weighted by molar-refractivity contribution is 14.0. The van der Waals surface area contributed by atoms with Crippen molar-refractivity contribution in [2.24, 2.45) is 10.9 Å². The van der Waals surface area contributed by atoms with Crippen LogP contribution in [0, 0.1) is 5.92 Å². The van der Waals surface area contributed by atoms with E-state index in [2.05, 4.69) is 15.6 Å². The number of methoxy groups -OCH3 is 1. The van der Waals surface area contributed by atoms with E-state index >= 15 is 0 Å². The quantitative estimate of drug-likeness (QED) is 0.225. The third kappa shape index (κ3) is 8.98. The van der Waals surface area contributed by atoms with Gasteiger partial charge in [-0.15, -0.1) is 24.0 Å². The molecule has 166 valence electrons. The smallest absolute Gasteiger partial charge is 0.391 e. The van der Waals surface area contributed by atoms with E-state index in [9.17, 15) is 13.2 Å². The minimum atomic E-state index is -4.12. The Hall–Kier alpha value is -1.23. The van der Waals surface area contributed by atoms with Gasteiger partial charge in [-0.05, 0) is 32.3 Å². The van der Waals surface area contributed by atoms with E-state index in [1.165, 1.54) is 0 Å². The number of hydrogen-bond acceptors (Lipinski definition) is 3. The van der Waals surface area contributed by atoms with Gasteiger partial charge in [0.2, 0.25) is 0 Å². The van der Waals surface area contributed by atoms with Crippen molar-refractivity contribution in [3.63, 3.8) is 0 Å². The Morgan fingerprint density at radius 2 is 2.00 bits per heavy atom. The number of benzene rings is 1. The molecule has 2 N–H and O–H groups in total. The maximum Gasteiger partial charge on any atom is 0.391 e. The highest BCUT2D eigenvalue weighted by Gasteiger charge is 2.42. The molecule has 1 fully saturated rings. The van der Waals surface area contributed by atoms with Crippen molar-refractivity contribution in [2.75, 3.05) is 26.8 Å². The summed E-state index contributed by atoms with van der Waals surface area (Å²) in [6.45, 7) is 3.81. The second-order valence-electron chi connectivity index (χ2n) is 6.87. The maximum absolute atomic E-state index is 13.0. The number of ether oxygens (including phenoxy) is 2. The van der Waals surface area contributed by atoms with Crippen LogP contribution in [0.5, 0.6) is 5.75 Å². The summed E-state index contributed by atoms with van der Waals surface area (Å²) < 4.78 is 49.9. The SMILES string of the molecule is CCNC(=NCCOCc1ccccc1OC)NC1CCCC(C(F)(F)F)C1.I. The minimum absolute atomic E-state index is 0. The second kappa shape index (κ2) is 13.1. The van der Waals surface area contributed by atoms with E-state index in [0.29, 0.717) is 38.7 Å². The number of alkyl halides is 3. The van der Waals surface area contributed by atoms with Gasteiger partial charge in [0.25, 0.3) is 0 Å². The third-order valence-electron chi connectivity index (χ3n) is 4.78. The molecule has 2 atom stereocenters. The van der Waals surface area contributed by atoms with Crippen LogP contribution in [0.15, 0.2) is 29.3 Å². The standard InChI is InChI=1S/C20H30F3N3O2.HI/c1-3-24-19(26-17-9-6-8-16(13-17)20(21,22)23)25-11-12-28-14-15-7-4-5-10-18(15)27-2;/h4-5,7,10,16-17H,3,6,8-9,11-14H2,1-2H3,(H2,24,25,26);1H. The largest absolute Gasteiger partial charge is 0.496 e. The topological polar surface area (TPSA) is 54.9 Å². The molecule has 0 aromatic heterocycles. The molecule has 0 spiro atoms. The molecule has 1 aliphatic rings. The molecule has 0 amide bonds. The molecule has 0 saturated heterocycles. The van der Waals surface area contributed by atoms with E-state index in [0.717, 1.165) is 17.7 Å². The third-order valence-corrected chi connectivity index (χ3v) is 4.78. The molecule has 5 nitrogen and oxygen atoms in total. The average molecular weight is 529 g/mol. The molecular formula is C20H31F3IN3O2. The summed E-state index contributed by atoms with van der Waals surface area (Å²) >= 11 is 0. The Kier molecular flexibility index (Phi) is 11.7. The van der Waals surface area contributed by atoms with Crippen molar-refractivity contribution in [1.82, 2.24) is 10.6 Å². The lowest BCUT2D eigenvalue weighted by Crippen LogP contribution is -2.47. The van der Waals surface area contributed by atoms with Gasteiger partial charge in [-0.3, -0.25) is 4.99 Å². The summed E-state index contributed by atoms with van der Waals surface area (Å²) in [5.41, 5.74) is 0.958. The molecule has 0 radical (unpaired) electrons. The molecule has 1 aliphatic carbocycles. The molecule has 9 heteroatoms. The fraction of sp³-hybridized carbons (Fsp3) is 0.650. The van der Waals surface area contributed by atoms with Gasteiger partial charge in [0.15, 0.2) is 5.96 Å². The summed E-state index contributed by atoms with van der Waals surface area (Å²) in [4.78, 5) is 4.43. The highest BCUT2D eigenvalue weighted by Crippen LogP contribution is 2.37. The zero-order chi connectivity index (χ0) is 20.4. The number of aliphatic imine (C=N–C) groups is 1. The second-order valence-corrected chi connectivity index (χ2v) is 6.87. The number of guanidine groups is 1. The molecule has 1 aromatic carbocycles. The van der Waals surface area contributed by atoms with Gasteiger partial charge < -0.3 is 20.1 Å². The Morgan fingerprint density at radius 3 is 2.69 bits per heavy atom. The van der Waals surface area contributed by atoms with Crippen LogP contribution >= 0.6 is 24.0 Å². The number of nitrogens with zero attached hydrogens (tertiary/aromatic N) is 1.